The SMILES string of the molecule is CC(C(=O)Nc1ccc(Cl)cc1C(=O)c1ccccc1)n1cc([N+](=O)[O-])cn1. The maximum absolute atomic E-state index is 12.8. The van der Waals surface area contributed by atoms with Crippen LogP contribution < -0.4 is 5.32 Å². The fourth-order valence-electron chi connectivity index (χ4n) is 2.55. The van der Waals surface area contributed by atoms with E-state index in [-0.39, 0.29) is 22.7 Å². The molecule has 9 heteroatoms. The molecule has 142 valence electrons. The maximum Gasteiger partial charge on any atom is 0.307 e. The Labute approximate surface area is 164 Å². The molecule has 0 aliphatic rings. The molecule has 1 atom stereocenters. The van der Waals surface area contributed by atoms with Gasteiger partial charge in [0.05, 0.1) is 10.6 Å². The summed E-state index contributed by atoms with van der Waals surface area (Å²) in [6.07, 6.45) is 2.23. The van der Waals surface area contributed by atoms with Crippen molar-refractivity contribution in [1.29, 1.82) is 0 Å². The molecule has 0 fully saturated rings. The fraction of sp³-hybridized carbons (Fsp3) is 0.105. The van der Waals surface area contributed by atoms with E-state index in [0.717, 1.165) is 6.20 Å². The highest BCUT2D eigenvalue weighted by atomic mass is 35.5. The first-order chi connectivity index (χ1) is 13.4. The second-order valence-electron chi connectivity index (χ2n) is 5.99. The molecule has 1 unspecified atom stereocenters. The molecular formula is C19H15ClN4O4. The van der Waals surface area contributed by atoms with Crippen LogP contribution in [0.3, 0.4) is 0 Å². The number of nitrogens with zero attached hydrogens (tertiary/aromatic N) is 3. The molecule has 3 rings (SSSR count). The number of nitrogens with one attached hydrogen (secondary N) is 1. The first-order valence-electron chi connectivity index (χ1n) is 8.25. The third-order valence-electron chi connectivity index (χ3n) is 4.10. The number of nitro groups is 1. The van der Waals surface area contributed by atoms with Gasteiger partial charge in [-0.2, -0.15) is 5.10 Å². The average Bonchev–Trinajstić information content (AvgIpc) is 3.19. The molecular weight excluding hydrogens is 384 g/mol. The summed E-state index contributed by atoms with van der Waals surface area (Å²) in [6.45, 7) is 1.54. The van der Waals surface area contributed by atoms with Crippen LogP contribution in [0.1, 0.15) is 28.9 Å². The van der Waals surface area contributed by atoms with Gasteiger partial charge in [-0.3, -0.25) is 24.4 Å². The number of aromatic nitrogens is 2. The van der Waals surface area contributed by atoms with Gasteiger partial charge in [-0.25, -0.2) is 0 Å². The molecule has 1 amide bonds. The summed E-state index contributed by atoms with van der Waals surface area (Å²) in [4.78, 5) is 35.6. The van der Waals surface area contributed by atoms with Gasteiger partial charge in [-0.1, -0.05) is 41.9 Å². The number of hydrogen-bond donors (Lipinski definition) is 1. The van der Waals surface area contributed by atoms with E-state index in [1.807, 2.05) is 0 Å². The summed E-state index contributed by atoms with van der Waals surface area (Å²) < 4.78 is 1.18. The number of anilines is 1. The summed E-state index contributed by atoms with van der Waals surface area (Å²) >= 11 is 6.03. The fourth-order valence-corrected chi connectivity index (χ4v) is 2.72. The molecule has 0 radical (unpaired) electrons. The van der Waals surface area contributed by atoms with Crippen molar-refractivity contribution in [2.45, 2.75) is 13.0 Å². The van der Waals surface area contributed by atoms with Crippen LogP contribution in [0, 0.1) is 10.1 Å². The third kappa shape index (κ3) is 4.07. The lowest BCUT2D eigenvalue weighted by Gasteiger charge is -2.15. The van der Waals surface area contributed by atoms with Crippen molar-refractivity contribution in [1.82, 2.24) is 9.78 Å². The van der Waals surface area contributed by atoms with Gasteiger partial charge in [-0.05, 0) is 25.1 Å². The second-order valence-corrected chi connectivity index (χ2v) is 6.42. The van der Waals surface area contributed by atoms with E-state index in [1.165, 1.54) is 23.0 Å². The van der Waals surface area contributed by atoms with E-state index in [1.54, 1.807) is 43.3 Å². The van der Waals surface area contributed by atoms with Gasteiger partial charge in [0.15, 0.2) is 5.78 Å². The number of hydrogen-bond acceptors (Lipinski definition) is 5. The number of halogens is 1. The average molecular weight is 399 g/mol. The smallest absolute Gasteiger partial charge is 0.307 e. The number of ketones is 1. The predicted molar refractivity (Wildman–Crippen MR) is 104 cm³/mol. The number of benzene rings is 2. The molecule has 28 heavy (non-hydrogen) atoms. The summed E-state index contributed by atoms with van der Waals surface area (Å²) in [5, 5.41) is 17.7. The van der Waals surface area contributed by atoms with E-state index in [9.17, 15) is 19.7 Å². The van der Waals surface area contributed by atoms with Crippen molar-refractivity contribution in [2.24, 2.45) is 0 Å². The number of rotatable bonds is 6. The largest absolute Gasteiger partial charge is 0.324 e. The minimum Gasteiger partial charge on any atom is -0.324 e. The molecule has 8 nitrogen and oxygen atoms in total. The Morgan fingerprint density at radius 1 is 1.21 bits per heavy atom. The monoisotopic (exact) mass is 398 g/mol. The number of carbonyl (C=O) groups excluding carboxylic acids is 2. The minimum atomic E-state index is -0.830. The van der Waals surface area contributed by atoms with Crippen molar-refractivity contribution in [3.8, 4) is 0 Å². The Bertz CT molecular complexity index is 1050. The van der Waals surface area contributed by atoms with E-state index >= 15 is 0 Å². The molecule has 1 N–H and O–H groups in total. The van der Waals surface area contributed by atoms with Crippen molar-refractivity contribution in [2.75, 3.05) is 5.32 Å². The van der Waals surface area contributed by atoms with Gasteiger partial charge in [0, 0.05) is 16.1 Å². The van der Waals surface area contributed by atoms with Gasteiger partial charge >= 0.3 is 5.69 Å². The Morgan fingerprint density at radius 3 is 2.57 bits per heavy atom. The van der Waals surface area contributed by atoms with Crippen molar-refractivity contribution < 1.29 is 14.5 Å². The molecule has 0 bridgehead atoms. The van der Waals surface area contributed by atoms with E-state index in [2.05, 4.69) is 10.4 Å². The van der Waals surface area contributed by atoms with Crippen LogP contribution in [-0.4, -0.2) is 26.4 Å². The first-order valence-corrected chi connectivity index (χ1v) is 8.63. The maximum atomic E-state index is 12.8. The quantitative estimate of drug-likeness (QED) is 0.385. The van der Waals surface area contributed by atoms with Crippen LogP contribution >= 0.6 is 11.6 Å². The van der Waals surface area contributed by atoms with Gasteiger partial charge in [0.2, 0.25) is 5.91 Å². The Hall–Kier alpha value is -3.52. The normalized spacial score (nSPS) is 11.6. The molecule has 2 aromatic carbocycles. The lowest BCUT2D eigenvalue weighted by molar-refractivity contribution is -0.385. The van der Waals surface area contributed by atoms with Gasteiger partial charge in [-0.15, -0.1) is 0 Å². The number of carbonyl (C=O) groups is 2. The van der Waals surface area contributed by atoms with Crippen LogP contribution in [0.4, 0.5) is 11.4 Å². The Balaban J connectivity index is 1.86. The van der Waals surface area contributed by atoms with Gasteiger partial charge < -0.3 is 5.32 Å². The highest BCUT2D eigenvalue weighted by Crippen LogP contribution is 2.25. The lowest BCUT2D eigenvalue weighted by Crippen LogP contribution is -2.25. The van der Waals surface area contributed by atoms with E-state index in [0.29, 0.717) is 10.6 Å². The van der Waals surface area contributed by atoms with Crippen LogP contribution in [0.15, 0.2) is 60.9 Å². The van der Waals surface area contributed by atoms with Crippen molar-refractivity contribution >= 4 is 34.7 Å². The predicted octanol–water partition coefficient (Wildman–Crippen LogP) is 3.88. The molecule has 0 saturated heterocycles. The van der Waals surface area contributed by atoms with Crippen molar-refractivity contribution in [3.05, 3.63) is 87.2 Å². The highest BCUT2D eigenvalue weighted by molar-refractivity contribution is 6.31. The highest BCUT2D eigenvalue weighted by Gasteiger charge is 2.22. The minimum absolute atomic E-state index is 0.217. The summed E-state index contributed by atoms with van der Waals surface area (Å²) in [7, 11) is 0. The van der Waals surface area contributed by atoms with Crippen LogP contribution in [0.25, 0.3) is 0 Å². The topological polar surface area (TPSA) is 107 Å². The Kier molecular flexibility index (Phi) is 5.51. The zero-order chi connectivity index (χ0) is 20.3. The first kappa shape index (κ1) is 19.2. The molecule has 1 aromatic heterocycles. The summed E-state index contributed by atoms with van der Waals surface area (Å²) in [6, 6.07) is 12.4. The molecule has 3 aromatic rings. The Morgan fingerprint density at radius 2 is 1.93 bits per heavy atom. The van der Waals surface area contributed by atoms with E-state index < -0.39 is 16.9 Å². The molecule has 0 aliphatic carbocycles. The molecule has 0 aliphatic heterocycles. The molecule has 0 saturated carbocycles. The van der Waals surface area contributed by atoms with Crippen LogP contribution in [-0.2, 0) is 4.79 Å². The molecule has 1 heterocycles. The summed E-state index contributed by atoms with van der Waals surface area (Å²) in [5.74, 6) is -0.775. The third-order valence-corrected chi connectivity index (χ3v) is 4.33. The van der Waals surface area contributed by atoms with E-state index in [4.69, 9.17) is 11.6 Å². The summed E-state index contributed by atoms with van der Waals surface area (Å²) in [5.41, 5.74) is 0.768. The van der Waals surface area contributed by atoms with Crippen molar-refractivity contribution in [3.63, 3.8) is 0 Å². The molecule has 0 spiro atoms. The van der Waals surface area contributed by atoms with Crippen LogP contribution in [0.2, 0.25) is 5.02 Å². The van der Waals surface area contributed by atoms with Crippen LogP contribution in [0.5, 0.6) is 0 Å². The lowest BCUT2D eigenvalue weighted by atomic mass is 10.0. The zero-order valence-corrected chi connectivity index (χ0v) is 15.5. The van der Waals surface area contributed by atoms with Gasteiger partial charge in [0.1, 0.15) is 18.4 Å². The number of amides is 1. The van der Waals surface area contributed by atoms with Gasteiger partial charge in [0.25, 0.3) is 0 Å². The standard InChI is InChI=1S/C19H15ClN4O4/c1-12(23-11-15(10-21-23)24(27)28)19(26)22-17-8-7-14(20)9-16(17)18(25)13-5-3-2-4-6-13/h2-12H,1H3,(H,22,26). The zero-order valence-electron chi connectivity index (χ0n) is 14.7. The second kappa shape index (κ2) is 8.01.